The van der Waals surface area contributed by atoms with Gasteiger partial charge in [-0.2, -0.15) is 0 Å². The van der Waals surface area contributed by atoms with Crippen LogP contribution in [0.15, 0.2) is 0 Å². The maximum atomic E-state index is 2.57. The van der Waals surface area contributed by atoms with E-state index in [1.807, 2.05) is 0 Å². The van der Waals surface area contributed by atoms with E-state index in [4.69, 9.17) is 0 Å². The minimum Gasteiger partial charge on any atom is -0.0654 e. The van der Waals surface area contributed by atoms with Gasteiger partial charge in [0.25, 0.3) is 0 Å². The molecular weight excluding hydrogens is 432 g/mol. The minimum atomic E-state index is 0.564. The summed E-state index contributed by atoms with van der Waals surface area (Å²) in [5.74, 6) is 12.5. The molecule has 208 valence electrons. The van der Waals surface area contributed by atoms with Crippen LogP contribution in [0, 0.1) is 92.7 Å². The van der Waals surface area contributed by atoms with Crippen molar-refractivity contribution in [2.45, 2.75) is 134 Å². The minimum absolute atomic E-state index is 0.564. The van der Waals surface area contributed by atoms with Gasteiger partial charge in [-0.1, -0.05) is 109 Å². The third-order valence-electron chi connectivity index (χ3n) is 15.9. The molecule has 0 amide bonds. The van der Waals surface area contributed by atoms with E-state index >= 15 is 0 Å². The fourth-order valence-corrected chi connectivity index (χ4v) is 13.0. The number of hydrogen-bond acceptors (Lipinski definition) is 0. The molecule has 0 N–H and O–H groups in total. The summed E-state index contributed by atoms with van der Waals surface area (Å²) in [6.07, 6.45) is 11.9. The predicted octanol–water partition coefficient (Wildman–Crippen LogP) is 10.8. The van der Waals surface area contributed by atoms with Gasteiger partial charge in [0, 0.05) is 0 Å². The van der Waals surface area contributed by atoms with E-state index in [0.717, 1.165) is 71.0 Å². The Morgan fingerprint density at radius 1 is 0.444 bits per heavy atom. The summed E-state index contributed by atoms with van der Waals surface area (Å²) in [4.78, 5) is 0. The Morgan fingerprint density at radius 2 is 0.722 bits per heavy atom. The summed E-state index contributed by atoms with van der Waals surface area (Å²) in [5, 5.41) is 0. The van der Waals surface area contributed by atoms with Crippen LogP contribution in [0.4, 0.5) is 0 Å². The van der Waals surface area contributed by atoms with Gasteiger partial charge >= 0.3 is 0 Å². The normalized spacial score (nSPS) is 51.7. The molecule has 0 heterocycles. The lowest BCUT2D eigenvalue weighted by Crippen LogP contribution is -2.46. The second-order valence-corrected chi connectivity index (χ2v) is 17.6. The molecule has 12 atom stereocenters. The molecule has 0 heteroatoms. The van der Waals surface area contributed by atoms with Crippen molar-refractivity contribution in [2.75, 3.05) is 0 Å². The number of rotatable bonds is 4. The van der Waals surface area contributed by atoms with Crippen LogP contribution in [-0.4, -0.2) is 0 Å². The third kappa shape index (κ3) is 3.42. The van der Waals surface area contributed by atoms with Crippen LogP contribution < -0.4 is 0 Å². The topological polar surface area (TPSA) is 0 Å². The molecule has 0 saturated heterocycles. The fraction of sp³-hybridized carbons (Fsp3) is 1.00. The quantitative estimate of drug-likeness (QED) is 0.363. The molecule has 6 saturated carbocycles. The molecule has 6 fully saturated rings. The highest BCUT2D eigenvalue weighted by atomic mass is 14.7. The van der Waals surface area contributed by atoms with E-state index in [-0.39, 0.29) is 0 Å². The summed E-state index contributed by atoms with van der Waals surface area (Å²) in [6, 6.07) is 0. The predicted molar refractivity (Wildman–Crippen MR) is 157 cm³/mol. The van der Waals surface area contributed by atoms with Gasteiger partial charge in [-0.05, 0) is 118 Å². The maximum Gasteiger partial charge on any atom is -0.0269 e. The van der Waals surface area contributed by atoms with E-state index in [1.54, 1.807) is 12.8 Å². The number of fused-ring (bicyclic) bond motifs is 10. The summed E-state index contributed by atoms with van der Waals surface area (Å²) >= 11 is 0. The lowest BCUT2D eigenvalue weighted by atomic mass is 9.53. The van der Waals surface area contributed by atoms with Gasteiger partial charge in [0.1, 0.15) is 0 Å². The summed E-state index contributed by atoms with van der Waals surface area (Å²) in [6.45, 7) is 30.4. The first kappa shape index (κ1) is 27.6. The number of hydrogen-bond donors (Lipinski definition) is 0. The van der Waals surface area contributed by atoms with E-state index in [1.165, 1.54) is 38.5 Å². The molecule has 6 rings (SSSR count). The Morgan fingerprint density at radius 3 is 1.00 bits per heavy atom. The lowest BCUT2D eigenvalue weighted by Gasteiger charge is -2.52. The van der Waals surface area contributed by atoms with E-state index in [0.29, 0.717) is 21.7 Å². The molecule has 6 aliphatic carbocycles. The molecule has 6 aliphatic rings. The first-order chi connectivity index (χ1) is 16.6. The van der Waals surface area contributed by atoms with Crippen molar-refractivity contribution in [1.29, 1.82) is 0 Å². The highest BCUT2D eigenvalue weighted by Gasteiger charge is 2.70. The Labute approximate surface area is 226 Å². The van der Waals surface area contributed by atoms with Gasteiger partial charge in [0.2, 0.25) is 0 Å². The largest absolute Gasteiger partial charge is 0.0654 e. The Kier molecular flexibility index (Phi) is 6.70. The molecule has 0 spiro atoms. The first-order valence-corrected chi connectivity index (χ1v) is 16.6. The summed E-state index contributed by atoms with van der Waals surface area (Å²) < 4.78 is 0. The van der Waals surface area contributed by atoms with Crippen LogP contribution in [0.3, 0.4) is 0 Å². The van der Waals surface area contributed by atoms with Crippen molar-refractivity contribution in [2.24, 2.45) is 92.7 Å². The maximum absolute atomic E-state index is 2.57. The molecule has 0 aliphatic heterocycles. The average Bonchev–Trinajstić information content (AvgIpc) is 3.55. The van der Waals surface area contributed by atoms with E-state index < -0.39 is 0 Å². The smallest absolute Gasteiger partial charge is 0.0269 e. The van der Waals surface area contributed by atoms with Gasteiger partial charge in [-0.25, -0.2) is 0 Å². The standard InChI is InChI=1S/2C18H32/c2*1-7-8-12-9-11(2)15-13-10-14(16(12)15)18(5,6)17(13,3)4/h2*11-16H,7-10H2,1-6H3. The van der Waals surface area contributed by atoms with Crippen LogP contribution in [0.2, 0.25) is 0 Å². The zero-order valence-corrected chi connectivity index (χ0v) is 26.6. The molecule has 0 radical (unpaired) electrons. The van der Waals surface area contributed by atoms with Crippen molar-refractivity contribution in [1.82, 2.24) is 0 Å². The molecular formula is C36H64. The Bertz CT molecular complexity index is 744. The SMILES string of the molecule is CCCC1CC(C)C2C1C1CC2C(C)(C)C1(C)C.CCCC1CC(C)C2C1C1CC2C(C)(C)C1(C)C. The van der Waals surface area contributed by atoms with Gasteiger partial charge in [0.05, 0.1) is 0 Å². The zero-order valence-electron chi connectivity index (χ0n) is 26.6. The van der Waals surface area contributed by atoms with Crippen molar-refractivity contribution < 1.29 is 0 Å². The van der Waals surface area contributed by atoms with Crippen LogP contribution in [0.25, 0.3) is 0 Å². The second kappa shape index (κ2) is 8.75. The Balaban J connectivity index is 0.000000148. The van der Waals surface area contributed by atoms with Crippen LogP contribution in [0.5, 0.6) is 0 Å². The van der Waals surface area contributed by atoms with Crippen molar-refractivity contribution in [3.63, 3.8) is 0 Å². The van der Waals surface area contributed by atoms with Gasteiger partial charge in [0.15, 0.2) is 0 Å². The van der Waals surface area contributed by atoms with Crippen LogP contribution >= 0.6 is 0 Å². The summed E-state index contributed by atoms with van der Waals surface area (Å²) in [5.41, 5.74) is 2.26. The zero-order chi connectivity index (χ0) is 26.6. The van der Waals surface area contributed by atoms with Crippen molar-refractivity contribution in [3.05, 3.63) is 0 Å². The third-order valence-corrected chi connectivity index (χ3v) is 15.9. The highest BCUT2D eigenvalue weighted by molar-refractivity contribution is 5.18. The second-order valence-electron chi connectivity index (χ2n) is 17.6. The molecule has 0 aromatic rings. The van der Waals surface area contributed by atoms with Gasteiger partial charge < -0.3 is 0 Å². The monoisotopic (exact) mass is 497 g/mol. The van der Waals surface area contributed by atoms with E-state index in [2.05, 4.69) is 83.1 Å². The highest BCUT2D eigenvalue weighted by Crippen LogP contribution is 2.76. The molecule has 0 aromatic heterocycles. The van der Waals surface area contributed by atoms with Gasteiger partial charge in [-0.15, -0.1) is 0 Å². The first-order valence-electron chi connectivity index (χ1n) is 16.6. The van der Waals surface area contributed by atoms with Crippen LogP contribution in [0.1, 0.15) is 134 Å². The summed E-state index contributed by atoms with van der Waals surface area (Å²) in [7, 11) is 0. The van der Waals surface area contributed by atoms with Crippen LogP contribution in [-0.2, 0) is 0 Å². The van der Waals surface area contributed by atoms with Crippen molar-refractivity contribution >= 4 is 0 Å². The van der Waals surface area contributed by atoms with E-state index in [9.17, 15) is 0 Å². The molecule has 0 aromatic carbocycles. The van der Waals surface area contributed by atoms with Crippen molar-refractivity contribution in [3.8, 4) is 0 Å². The molecule has 0 nitrogen and oxygen atoms in total. The fourth-order valence-electron chi connectivity index (χ4n) is 13.0. The molecule has 4 bridgehead atoms. The average molecular weight is 497 g/mol. The Hall–Kier alpha value is 0. The molecule has 36 heavy (non-hydrogen) atoms. The molecule has 12 unspecified atom stereocenters. The lowest BCUT2D eigenvalue weighted by molar-refractivity contribution is -0.0390. The van der Waals surface area contributed by atoms with Gasteiger partial charge in [-0.3, -0.25) is 0 Å².